The van der Waals surface area contributed by atoms with Gasteiger partial charge in [-0.3, -0.25) is 4.79 Å². The van der Waals surface area contributed by atoms with Gasteiger partial charge in [0.25, 0.3) is 0 Å². The second-order valence-electron chi connectivity index (χ2n) is 2.44. The van der Waals surface area contributed by atoms with Crippen LogP contribution in [0.2, 0.25) is 0 Å². The van der Waals surface area contributed by atoms with E-state index in [0.29, 0.717) is 6.42 Å². The van der Waals surface area contributed by atoms with Crippen molar-refractivity contribution in [3.63, 3.8) is 0 Å². The van der Waals surface area contributed by atoms with E-state index in [9.17, 15) is 4.79 Å². The number of halogens is 1. The molecule has 2 nitrogen and oxygen atoms in total. The summed E-state index contributed by atoms with van der Waals surface area (Å²) in [5.41, 5.74) is 0. The lowest BCUT2D eigenvalue weighted by Crippen LogP contribution is -1.94. The van der Waals surface area contributed by atoms with E-state index in [2.05, 4.69) is 15.9 Å². The highest BCUT2D eigenvalue weighted by Crippen LogP contribution is 2.24. The number of rotatable bonds is 4. The number of aliphatic carboxylic acids is 1. The lowest BCUT2D eigenvalue weighted by atomic mass is 10.2. The van der Waals surface area contributed by atoms with Gasteiger partial charge in [0.15, 0.2) is 0 Å². The summed E-state index contributed by atoms with van der Waals surface area (Å²) in [6.07, 6.45) is 1.82. The quantitative estimate of drug-likeness (QED) is 0.890. The third-order valence-corrected chi connectivity index (χ3v) is 3.47. The van der Waals surface area contributed by atoms with Crippen LogP contribution in [0, 0.1) is 0 Å². The van der Waals surface area contributed by atoms with Gasteiger partial charge in [0.05, 0.1) is 0 Å². The predicted octanol–water partition coefficient (Wildman–Crippen LogP) is 2.92. The van der Waals surface area contributed by atoms with Crippen LogP contribution >= 0.6 is 27.3 Å². The highest BCUT2D eigenvalue weighted by atomic mass is 79.9. The van der Waals surface area contributed by atoms with E-state index in [1.165, 1.54) is 4.88 Å². The molecule has 0 bridgehead atoms. The Balaban J connectivity index is 2.33. The first-order valence-corrected chi connectivity index (χ1v) is 5.31. The van der Waals surface area contributed by atoms with Crippen molar-refractivity contribution in [2.24, 2.45) is 0 Å². The molecule has 1 N–H and O–H groups in total. The van der Waals surface area contributed by atoms with E-state index < -0.39 is 5.97 Å². The highest BCUT2D eigenvalue weighted by Gasteiger charge is 2.02. The van der Waals surface area contributed by atoms with Gasteiger partial charge in [-0.1, -0.05) is 0 Å². The molecule has 0 atom stereocenters. The summed E-state index contributed by atoms with van der Waals surface area (Å²) in [5, 5.41) is 10.4. The van der Waals surface area contributed by atoms with Gasteiger partial charge >= 0.3 is 5.97 Å². The smallest absolute Gasteiger partial charge is 0.303 e. The molecule has 1 aromatic heterocycles. The molecule has 0 spiro atoms. The number of aryl methyl sites for hydroxylation is 1. The Bertz CT molecular complexity index is 270. The van der Waals surface area contributed by atoms with Crippen LogP contribution in [0.15, 0.2) is 15.9 Å². The second-order valence-corrected chi connectivity index (χ2v) is 4.29. The van der Waals surface area contributed by atoms with Crippen molar-refractivity contribution in [2.75, 3.05) is 0 Å². The molecule has 1 heterocycles. The summed E-state index contributed by atoms with van der Waals surface area (Å²) in [6, 6.07) is 1.99. The molecule has 0 saturated carbocycles. The minimum absolute atomic E-state index is 0.254. The number of thiophene rings is 1. The van der Waals surface area contributed by atoms with Crippen molar-refractivity contribution in [3.8, 4) is 0 Å². The molecule has 0 radical (unpaired) electrons. The van der Waals surface area contributed by atoms with Crippen molar-refractivity contribution >= 4 is 33.2 Å². The average molecular weight is 249 g/mol. The van der Waals surface area contributed by atoms with Crippen LogP contribution in [0.4, 0.5) is 0 Å². The van der Waals surface area contributed by atoms with Crippen LogP contribution in [0.25, 0.3) is 0 Å². The van der Waals surface area contributed by atoms with Crippen molar-refractivity contribution in [2.45, 2.75) is 19.3 Å². The fourth-order valence-corrected chi connectivity index (χ4v) is 2.50. The first-order valence-electron chi connectivity index (χ1n) is 3.64. The largest absolute Gasteiger partial charge is 0.481 e. The SMILES string of the molecule is O=C(O)CCCc1sccc1Br. The summed E-state index contributed by atoms with van der Waals surface area (Å²) in [4.78, 5) is 11.4. The molecule has 0 aliphatic heterocycles. The zero-order valence-electron chi connectivity index (χ0n) is 6.42. The third-order valence-electron chi connectivity index (χ3n) is 1.49. The van der Waals surface area contributed by atoms with Gasteiger partial charge in [0.1, 0.15) is 0 Å². The van der Waals surface area contributed by atoms with Crippen LogP contribution in [-0.4, -0.2) is 11.1 Å². The summed E-state index contributed by atoms with van der Waals surface area (Å²) >= 11 is 5.06. The highest BCUT2D eigenvalue weighted by molar-refractivity contribution is 9.10. The molecule has 0 aliphatic carbocycles. The molecule has 0 saturated heterocycles. The Kier molecular flexibility index (Phi) is 3.75. The van der Waals surface area contributed by atoms with Gasteiger partial charge in [-0.2, -0.15) is 0 Å². The summed E-state index contributed by atoms with van der Waals surface area (Å²) < 4.78 is 1.10. The lowest BCUT2D eigenvalue weighted by Gasteiger charge is -1.95. The first-order chi connectivity index (χ1) is 5.70. The van der Waals surface area contributed by atoms with E-state index in [1.807, 2.05) is 11.4 Å². The molecule has 0 aromatic carbocycles. The van der Waals surface area contributed by atoms with Crippen LogP contribution < -0.4 is 0 Å². The van der Waals surface area contributed by atoms with Gasteiger partial charge in [-0.05, 0) is 40.2 Å². The average Bonchev–Trinajstić information content (AvgIpc) is 2.36. The summed E-state index contributed by atoms with van der Waals surface area (Å²) in [6.45, 7) is 0. The summed E-state index contributed by atoms with van der Waals surface area (Å²) in [5.74, 6) is -0.720. The molecular weight excluding hydrogens is 240 g/mol. The van der Waals surface area contributed by atoms with E-state index in [1.54, 1.807) is 11.3 Å². The Labute approximate surface area is 83.4 Å². The Hall–Kier alpha value is -0.350. The first kappa shape index (κ1) is 9.74. The summed E-state index contributed by atoms with van der Waals surface area (Å²) in [7, 11) is 0. The minimum Gasteiger partial charge on any atom is -0.481 e. The third kappa shape index (κ3) is 2.95. The fourth-order valence-electron chi connectivity index (χ4n) is 0.904. The molecule has 4 heteroatoms. The van der Waals surface area contributed by atoms with Gasteiger partial charge in [-0.25, -0.2) is 0 Å². The van der Waals surface area contributed by atoms with Gasteiger partial charge < -0.3 is 5.11 Å². The van der Waals surface area contributed by atoms with Crippen molar-refractivity contribution in [1.29, 1.82) is 0 Å². The normalized spacial score (nSPS) is 10.1. The van der Waals surface area contributed by atoms with Gasteiger partial charge in [0.2, 0.25) is 0 Å². The number of carboxylic acids is 1. The van der Waals surface area contributed by atoms with Crippen LogP contribution in [0.5, 0.6) is 0 Å². The number of carboxylic acid groups (broad SMARTS) is 1. The van der Waals surface area contributed by atoms with Gasteiger partial charge in [-0.15, -0.1) is 11.3 Å². The predicted molar refractivity (Wildman–Crippen MR) is 52.6 cm³/mol. The van der Waals surface area contributed by atoms with E-state index in [-0.39, 0.29) is 6.42 Å². The van der Waals surface area contributed by atoms with Crippen molar-refractivity contribution in [3.05, 3.63) is 20.8 Å². The standard InChI is InChI=1S/C8H9BrO2S/c9-6-4-5-12-7(6)2-1-3-8(10)11/h4-5H,1-3H2,(H,10,11). The van der Waals surface area contributed by atoms with E-state index >= 15 is 0 Å². The van der Waals surface area contributed by atoms with Crippen LogP contribution in [-0.2, 0) is 11.2 Å². The molecule has 66 valence electrons. The Morgan fingerprint density at radius 2 is 2.42 bits per heavy atom. The lowest BCUT2D eigenvalue weighted by molar-refractivity contribution is -0.137. The molecule has 0 fully saturated rings. The molecule has 0 aliphatic rings. The van der Waals surface area contributed by atoms with Gasteiger partial charge in [0, 0.05) is 15.8 Å². The number of carbonyl (C=O) groups is 1. The number of hydrogen-bond donors (Lipinski definition) is 1. The molecular formula is C8H9BrO2S. The zero-order chi connectivity index (χ0) is 8.97. The topological polar surface area (TPSA) is 37.3 Å². The van der Waals surface area contributed by atoms with Crippen molar-refractivity contribution in [1.82, 2.24) is 0 Å². The van der Waals surface area contributed by atoms with Crippen molar-refractivity contribution < 1.29 is 9.90 Å². The Morgan fingerprint density at radius 1 is 1.67 bits per heavy atom. The molecule has 0 amide bonds. The van der Waals surface area contributed by atoms with Crippen LogP contribution in [0.3, 0.4) is 0 Å². The number of hydrogen-bond acceptors (Lipinski definition) is 2. The maximum Gasteiger partial charge on any atom is 0.303 e. The van der Waals surface area contributed by atoms with E-state index in [4.69, 9.17) is 5.11 Å². The van der Waals surface area contributed by atoms with Crippen LogP contribution in [0.1, 0.15) is 17.7 Å². The monoisotopic (exact) mass is 248 g/mol. The maximum absolute atomic E-state index is 10.2. The fraction of sp³-hybridized carbons (Fsp3) is 0.375. The molecule has 0 unspecified atom stereocenters. The second kappa shape index (κ2) is 4.62. The molecule has 1 rings (SSSR count). The maximum atomic E-state index is 10.2. The van der Waals surface area contributed by atoms with E-state index in [0.717, 1.165) is 10.9 Å². The zero-order valence-corrected chi connectivity index (χ0v) is 8.82. The Morgan fingerprint density at radius 3 is 2.92 bits per heavy atom. The molecule has 12 heavy (non-hydrogen) atoms. The molecule has 1 aromatic rings. The minimum atomic E-state index is -0.720.